The molecule has 0 bridgehead atoms. The van der Waals surface area contributed by atoms with E-state index in [1.807, 2.05) is 0 Å². The van der Waals surface area contributed by atoms with Crippen molar-refractivity contribution in [1.82, 2.24) is 0 Å². The van der Waals surface area contributed by atoms with Crippen LogP contribution >= 0.6 is 0 Å². The van der Waals surface area contributed by atoms with E-state index >= 15 is 0 Å². The molecule has 0 radical (unpaired) electrons. The Morgan fingerprint density at radius 1 is 0.545 bits per heavy atom. The molecular weight excluding hydrogens is 264 g/mol. The quantitative estimate of drug-likeness (QED) is 0.558. The van der Waals surface area contributed by atoms with Crippen LogP contribution in [0.4, 0.5) is 0 Å². The van der Waals surface area contributed by atoms with Crippen LogP contribution < -0.4 is 0 Å². The van der Waals surface area contributed by atoms with E-state index in [1.54, 1.807) is 0 Å². The lowest BCUT2D eigenvalue weighted by Gasteiger charge is -2.26. The molecule has 0 N–H and O–H groups in total. The van der Waals surface area contributed by atoms with Gasteiger partial charge in [-0.15, -0.1) is 0 Å². The van der Waals surface area contributed by atoms with Gasteiger partial charge < -0.3 is 0 Å². The van der Waals surface area contributed by atoms with Gasteiger partial charge in [0.05, 0.1) is 0 Å². The molecule has 2 rings (SSSR count). The first-order chi connectivity index (χ1) is 9.98. The van der Waals surface area contributed by atoms with Gasteiger partial charge in [0.15, 0.2) is 0 Å². The van der Waals surface area contributed by atoms with Gasteiger partial charge in [-0.25, -0.2) is 0 Å². The second kappa shape index (κ2) is 5.57. The van der Waals surface area contributed by atoms with Crippen molar-refractivity contribution in [2.75, 3.05) is 0 Å². The van der Waals surface area contributed by atoms with Gasteiger partial charge >= 0.3 is 0 Å². The van der Waals surface area contributed by atoms with Gasteiger partial charge in [-0.1, -0.05) is 77.9 Å². The maximum atomic E-state index is 2.38. The molecule has 22 heavy (non-hydrogen) atoms. The summed E-state index contributed by atoms with van der Waals surface area (Å²) in [5.41, 5.74) is 8.51. The Kier molecular flexibility index (Phi) is 4.26. The smallest absolute Gasteiger partial charge is 0.0132 e. The zero-order valence-electron chi connectivity index (χ0n) is 15.5. The number of rotatable bonds is 1. The maximum Gasteiger partial charge on any atom is -0.0132 e. The Labute approximate surface area is 136 Å². The molecule has 0 saturated heterocycles. The molecule has 0 aliphatic rings. The summed E-state index contributed by atoms with van der Waals surface area (Å²) in [5.74, 6) is 0. The minimum atomic E-state index is 0.162. The van der Waals surface area contributed by atoms with Gasteiger partial charge in [0, 0.05) is 0 Å². The van der Waals surface area contributed by atoms with Gasteiger partial charge in [-0.3, -0.25) is 0 Å². The van der Waals surface area contributed by atoms with E-state index in [4.69, 9.17) is 0 Å². The van der Waals surface area contributed by atoms with Crippen molar-refractivity contribution in [1.29, 1.82) is 0 Å². The first-order valence-corrected chi connectivity index (χ1v) is 8.22. The lowest BCUT2D eigenvalue weighted by Crippen LogP contribution is -2.16. The van der Waals surface area contributed by atoms with Gasteiger partial charge in [-0.05, 0) is 58.1 Å². The molecule has 0 heteroatoms. The Hall–Kier alpha value is -1.56. The van der Waals surface area contributed by atoms with E-state index in [-0.39, 0.29) is 10.8 Å². The summed E-state index contributed by atoms with van der Waals surface area (Å²) in [5, 5.41) is 0. The molecule has 0 amide bonds. The lowest BCUT2D eigenvalue weighted by atomic mass is 9.79. The highest BCUT2D eigenvalue weighted by molar-refractivity contribution is 5.67. The van der Waals surface area contributed by atoms with E-state index in [1.165, 1.54) is 33.4 Å². The zero-order chi connectivity index (χ0) is 16.7. The summed E-state index contributed by atoms with van der Waals surface area (Å²) >= 11 is 0. The van der Waals surface area contributed by atoms with Crippen LogP contribution in [-0.2, 0) is 10.8 Å². The summed E-state index contributed by atoms with van der Waals surface area (Å²) in [7, 11) is 0. The molecule has 118 valence electrons. The molecule has 0 fully saturated rings. The average molecular weight is 294 g/mol. The molecule has 0 unspecified atom stereocenters. The van der Waals surface area contributed by atoms with Crippen LogP contribution in [0.5, 0.6) is 0 Å². The fourth-order valence-electron chi connectivity index (χ4n) is 2.58. The Morgan fingerprint density at radius 2 is 1.05 bits per heavy atom. The molecule has 0 saturated carbocycles. The number of hydrogen-bond acceptors (Lipinski definition) is 0. The highest BCUT2D eigenvalue weighted by Gasteiger charge is 2.20. The highest BCUT2D eigenvalue weighted by atomic mass is 14.3. The largest absolute Gasteiger partial charge is 0.0584 e. The normalized spacial score (nSPS) is 12.5. The Morgan fingerprint density at radius 3 is 1.45 bits per heavy atom. The molecule has 0 aliphatic carbocycles. The molecule has 0 heterocycles. The fraction of sp³-hybridized carbons (Fsp3) is 0.455. The van der Waals surface area contributed by atoms with Crippen LogP contribution in [0.15, 0.2) is 36.4 Å². The third-order valence-corrected chi connectivity index (χ3v) is 4.51. The fourth-order valence-corrected chi connectivity index (χ4v) is 2.58. The lowest BCUT2D eigenvalue weighted by molar-refractivity contribution is 0.569. The van der Waals surface area contributed by atoms with Crippen molar-refractivity contribution in [2.45, 2.75) is 66.2 Å². The van der Waals surface area contributed by atoms with Crippen LogP contribution in [-0.4, -0.2) is 0 Å². The third kappa shape index (κ3) is 3.61. The molecule has 2 aromatic carbocycles. The summed E-state index contributed by atoms with van der Waals surface area (Å²) < 4.78 is 0. The topological polar surface area (TPSA) is 0 Å². The van der Waals surface area contributed by atoms with Crippen molar-refractivity contribution < 1.29 is 0 Å². The molecule has 0 nitrogen and oxygen atoms in total. The first kappa shape index (κ1) is 16.8. The Balaban J connectivity index is 2.67. The van der Waals surface area contributed by atoms with E-state index < -0.39 is 0 Å². The van der Waals surface area contributed by atoms with Crippen LogP contribution in [0.1, 0.15) is 63.8 Å². The molecule has 0 atom stereocenters. The Bertz CT molecular complexity index is 644. The standard InChI is InChI=1S/C22H30/c1-15-9-10-17(11-16(15)2)18-12-19(21(3,4)5)14-20(13-18)22(6,7)8/h9-14H,1-8H3. The van der Waals surface area contributed by atoms with Crippen molar-refractivity contribution in [3.8, 4) is 11.1 Å². The predicted molar refractivity (Wildman–Crippen MR) is 98.8 cm³/mol. The predicted octanol–water partition coefficient (Wildman–Crippen LogP) is 6.57. The minimum Gasteiger partial charge on any atom is -0.0584 e. The van der Waals surface area contributed by atoms with Crippen molar-refractivity contribution in [3.05, 3.63) is 58.7 Å². The van der Waals surface area contributed by atoms with Gasteiger partial charge in [0.25, 0.3) is 0 Å². The van der Waals surface area contributed by atoms with Crippen molar-refractivity contribution in [3.63, 3.8) is 0 Å². The van der Waals surface area contributed by atoms with E-state index in [9.17, 15) is 0 Å². The number of aryl methyl sites for hydroxylation is 2. The summed E-state index contributed by atoms with van der Waals surface area (Å²) in [6, 6.07) is 13.9. The van der Waals surface area contributed by atoms with Crippen LogP contribution in [0, 0.1) is 13.8 Å². The van der Waals surface area contributed by atoms with Crippen LogP contribution in [0.25, 0.3) is 11.1 Å². The van der Waals surface area contributed by atoms with E-state index in [0.717, 1.165) is 0 Å². The minimum absolute atomic E-state index is 0.162. The van der Waals surface area contributed by atoms with E-state index in [0.29, 0.717) is 0 Å². The maximum absolute atomic E-state index is 2.38. The summed E-state index contributed by atoms with van der Waals surface area (Å²) in [4.78, 5) is 0. The highest BCUT2D eigenvalue weighted by Crippen LogP contribution is 2.34. The molecule has 0 aromatic heterocycles. The molecule has 0 aliphatic heterocycles. The summed E-state index contributed by atoms with van der Waals surface area (Å²) in [6.07, 6.45) is 0. The van der Waals surface area contributed by atoms with Gasteiger partial charge in [-0.2, -0.15) is 0 Å². The van der Waals surface area contributed by atoms with Crippen LogP contribution in [0.3, 0.4) is 0 Å². The van der Waals surface area contributed by atoms with Gasteiger partial charge in [0.1, 0.15) is 0 Å². The van der Waals surface area contributed by atoms with Gasteiger partial charge in [0.2, 0.25) is 0 Å². The molecule has 0 spiro atoms. The SMILES string of the molecule is Cc1ccc(-c2cc(C(C)(C)C)cc(C(C)(C)C)c2)cc1C. The average Bonchev–Trinajstić information content (AvgIpc) is 2.39. The summed E-state index contributed by atoms with van der Waals surface area (Å²) in [6.45, 7) is 18.1. The number of hydrogen-bond donors (Lipinski definition) is 0. The second-order valence-corrected chi connectivity index (χ2v) is 8.60. The molecular formula is C22H30. The van der Waals surface area contributed by atoms with Crippen molar-refractivity contribution >= 4 is 0 Å². The molecule has 2 aromatic rings. The number of benzene rings is 2. The van der Waals surface area contributed by atoms with Crippen LogP contribution in [0.2, 0.25) is 0 Å². The second-order valence-electron chi connectivity index (χ2n) is 8.60. The zero-order valence-corrected chi connectivity index (χ0v) is 15.5. The third-order valence-electron chi connectivity index (χ3n) is 4.51. The van der Waals surface area contributed by atoms with Crippen molar-refractivity contribution in [2.24, 2.45) is 0 Å². The van der Waals surface area contributed by atoms with E-state index in [2.05, 4.69) is 91.8 Å². The first-order valence-electron chi connectivity index (χ1n) is 8.22. The monoisotopic (exact) mass is 294 g/mol.